The number of nitrogens with one attached hydrogen (secondary N) is 1. The Morgan fingerprint density at radius 3 is 2.65 bits per heavy atom. The topological polar surface area (TPSA) is 66.5 Å². The third-order valence-electron chi connectivity index (χ3n) is 3.38. The smallest absolute Gasteiger partial charge is 0.244 e. The standard InChI is InChI=1S/C15H21BrN2O3S2/c1-10-5-6-11(16)7-13(10)23(20,21)18-9-22-8-12(18)14(19)17-15(2,3)4/h5-7,12H,8-9H2,1-4H3,(H,17,19)/t12-/m1/s1. The number of thioether (sulfide) groups is 1. The van der Waals surface area contributed by atoms with Gasteiger partial charge in [0.2, 0.25) is 15.9 Å². The quantitative estimate of drug-likeness (QED) is 0.815. The summed E-state index contributed by atoms with van der Waals surface area (Å²) in [7, 11) is -3.72. The molecule has 1 aliphatic rings. The number of nitrogens with zero attached hydrogens (tertiary/aromatic N) is 1. The first-order chi connectivity index (χ1) is 10.5. The van der Waals surface area contributed by atoms with Gasteiger partial charge in [-0.25, -0.2) is 8.42 Å². The van der Waals surface area contributed by atoms with Crippen molar-refractivity contribution in [2.75, 3.05) is 11.6 Å². The summed E-state index contributed by atoms with van der Waals surface area (Å²) >= 11 is 4.76. The summed E-state index contributed by atoms with van der Waals surface area (Å²) in [6, 6.07) is 4.47. The molecule has 0 unspecified atom stereocenters. The number of aryl methyl sites for hydroxylation is 1. The van der Waals surface area contributed by atoms with Crippen LogP contribution in [0, 0.1) is 6.92 Å². The number of hydrogen-bond donors (Lipinski definition) is 1. The van der Waals surface area contributed by atoms with Crippen molar-refractivity contribution >= 4 is 43.6 Å². The van der Waals surface area contributed by atoms with E-state index in [-0.39, 0.29) is 16.7 Å². The number of sulfonamides is 1. The second kappa shape index (κ2) is 6.74. The second-order valence-electron chi connectivity index (χ2n) is 6.56. The lowest BCUT2D eigenvalue weighted by atomic mass is 10.1. The predicted octanol–water partition coefficient (Wildman–Crippen LogP) is 2.74. The van der Waals surface area contributed by atoms with Crippen LogP contribution in [0.3, 0.4) is 0 Å². The van der Waals surface area contributed by atoms with E-state index in [0.717, 1.165) is 0 Å². The fourth-order valence-electron chi connectivity index (χ4n) is 2.30. The van der Waals surface area contributed by atoms with Crippen LogP contribution in [0.5, 0.6) is 0 Å². The zero-order chi connectivity index (χ0) is 17.4. The largest absolute Gasteiger partial charge is 0.350 e. The van der Waals surface area contributed by atoms with Crippen molar-refractivity contribution in [1.29, 1.82) is 0 Å². The third-order valence-corrected chi connectivity index (χ3v) is 7.05. The normalized spacial score (nSPS) is 19.8. The SMILES string of the molecule is Cc1ccc(Br)cc1S(=O)(=O)N1CSC[C@@H]1C(=O)NC(C)(C)C. The Morgan fingerprint density at radius 1 is 1.39 bits per heavy atom. The number of hydrogen-bond acceptors (Lipinski definition) is 4. The Labute approximate surface area is 150 Å². The first-order valence-corrected chi connectivity index (χ1v) is 10.6. The fraction of sp³-hybridized carbons (Fsp3) is 0.533. The van der Waals surface area contributed by atoms with E-state index in [1.807, 2.05) is 20.8 Å². The third kappa shape index (κ3) is 4.29. The Kier molecular flexibility index (Phi) is 5.50. The number of rotatable bonds is 3. The molecule has 1 aromatic rings. The summed E-state index contributed by atoms with van der Waals surface area (Å²) in [5.74, 6) is 0.503. The molecule has 1 amide bonds. The number of halogens is 1. The highest BCUT2D eigenvalue weighted by Gasteiger charge is 2.41. The predicted molar refractivity (Wildman–Crippen MR) is 96.9 cm³/mol. The summed E-state index contributed by atoms with van der Waals surface area (Å²) in [5.41, 5.74) is 0.269. The van der Waals surface area contributed by atoms with Gasteiger partial charge in [0.05, 0.1) is 10.8 Å². The van der Waals surface area contributed by atoms with Crippen LogP contribution in [-0.2, 0) is 14.8 Å². The van der Waals surface area contributed by atoms with Gasteiger partial charge in [-0.15, -0.1) is 11.8 Å². The van der Waals surface area contributed by atoms with Crippen molar-refractivity contribution in [1.82, 2.24) is 9.62 Å². The van der Waals surface area contributed by atoms with Crippen LogP contribution < -0.4 is 5.32 Å². The maximum Gasteiger partial charge on any atom is 0.244 e. The van der Waals surface area contributed by atoms with E-state index in [9.17, 15) is 13.2 Å². The molecule has 8 heteroatoms. The maximum atomic E-state index is 13.0. The van der Waals surface area contributed by atoms with Crippen molar-refractivity contribution in [3.05, 3.63) is 28.2 Å². The van der Waals surface area contributed by atoms with Crippen molar-refractivity contribution in [2.24, 2.45) is 0 Å². The van der Waals surface area contributed by atoms with Crippen LogP contribution in [0.25, 0.3) is 0 Å². The van der Waals surface area contributed by atoms with E-state index in [2.05, 4.69) is 21.2 Å². The molecule has 23 heavy (non-hydrogen) atoms. The zero-order valence-electron chi connectivity index (χ0n) is 13.6. The number of benzene rings is 1. The Morgan fingerprint density at radius 2 is 2.04 bits per heavy atom. The summed E-state index contributed by atoms with van der Waals surface area (Å²) < 4.78 is 28.0. The van der Waals surface area contributed by atoms with Gasteiger partial charge in [0.15, 0.2) is 0 Å². The molecular formula is C15H21BrN2O3S2. The molecule has 1 aromatic carbocycles. The molecule has 1 heterocycles. The lowest BCUT2D eigenvalue weighted by molar-refractivity contribution is -0.125. The Bertz CT molecular complexity index is 714. The molecule has 1 N–H and O–H groups in total. The second-order valence-corrected chi connectivity index (χ2v) is 10.3. The molecule has 0 aromatic heterocycles. The molecule has 1 aliphatic heterocycles. The van der Waals surface area contributed by atoms with Gasteiger partial charge in [0.1, 0.15) is 6.04 Å². The molecule has 0 spiro atoms. The van der Waals surface area contributed by atoms with Crippen LogP contribution >= 0.6 is 27.7 Å². The van der Waals surface area contributed by atoms with Gasteiger partial charge in [0.25, 0.3) is 0 Å². The summed E-state index contributed by atoms with van der Waals surface area (Å²) in [6.07, 6.45) is 0. The molecule has 1 fully saturated rings. The monoisotopic (exact) mass is 420 g/mol. The van der Waals surface area contributed by atoms with Crippen molar-refractivity contribution in [3.8, 4) is 0 Å². The summed E-state index contributed by atoms with van der Waals surface area (Å²) in [4.78, 5) is 12.7. The summed E-state index contributed by atoms with van der Waals surface area (Å²) in [5, 5.41) is 2.87. The molecule has 0 radical (unpaired) electrons. The lowest BCUT2D eigenvalue weighted by Crippen LogP contribution is -2.52. The fourth-order valence-corrected chi connectivity index (χ4v) is 6.22. The molecule has 128 valence electrons. The maximum absolute atomic E-state index is 13.0. The highest BCUT2D eigenvalue weighted by atomic mass is 79.9. The van der Waals surface area contributed by atoms with Crippen LogP contribution in [0.2, 0.25) is 0 Å². The van der Waals surface area contributed by atoms with E-state index in [4.69, 9.17) is 0 Å². The van der Waals surface area contributed by atoms with Crippen LogP contribution in [-0.4, -0.2) is 41.8 Å². The lowest BCUT2D eigenvalue weighted by Gasteiger charge is -2.27. The molecule has 5 nitrogen and oxygen atoms in total. The molecular weight excluding hydrogens is 400 g/mol. The van der Waals surface area contributed by atoms with Crippen LogP contribution in [0.1, 0.15) is 26.3 Å². The van der Waals surface area contributed by atoms with Gasteiger partial charge < -0.3 is 5.32 Å². The van der Waals surface area contributed by atoms with E-state index >= 15 is 0 Å². The van der Waals surface area contributed by atoms with E-state index < -0.39 is 21.6 Å². The van der Waals surface area contributed by atoms with Gasteiger partial charge in [-0.05, 0) is 45.4 Å². The average Bonchev–Trinajstić information content (AvgIpc) is 2.89. The highest BCUT2D eigenvalue weighted by molar-refractivity contribution is 9.10. The van der Waals surface area contributed by atoms with Gasteiger partial charge in [-0.3, -0.25) is 4.79 Å². The summed E-state index contributed by atoms with van der Waals surface area (Å²) in [6.45, 7) is 7.39. The zero-order valence-corrected chi connectivity index (χ0v) is 16.8. The first kappa shape index (κ1) is 18.8. The molecule has 1 atom stereocenters. The number of amides is 1. The Hall–Kier alpha value is -0.570. The molecule has 2 rings (SSSR count). The minimum absolute atomic E-state index is 0.239. The highest BCUT2D eigenvalue weighted by Crippen LogP contribution is 2.31. The average molecular weight is 421 g/mol. The first-order valence-electron chi connectivity index (χ1n) is 7.20. The van der Waals surface area contributed by atoms with E-state index in [1.165, 1.54) is 16.1 Å². The molecule has 0 saturated carbocycles. The molecule has 0 bridgehead atoms. The van der Waals surface area contributed by atoms with Crippen molar-refractivity contribution in [3.63, 3.8) is 0 Å². The van der Waals surface area contributed by atoms with E-state index in [1.54, 1.807) is 25.1 Å². The number of carbonyl (C=O) groups excluding carboxylic acids is 1. The van der Waals surface area contributed by atoms with Crippen LogP contribution in [0.15, 0.2) is 27.6 Å². The van der Waals surface area contributed by atoms with Gasteiger partial charge in [-0.1, -0.05) is 22.0 Å². The minimum atomic E-state index is -3.72. The van der Waals surface area contributed by atoms with Gasteiger partial charge >= 0.3 is 0 Å². The molecule has 1 saturated heterocycles. The Balaban J connectivity index is 2.35. The van der Waals surface area contributed by atoms with Crippen LogP contribution in [0.4, 0.5) is 0 Å². The van der Waals surface area contributed by atoms with Crippen molar-refractivity contribution in [2.45, 2.75) is 44.2 Å². The molecule has 0 aliphatic carbocycles. The van der Waals surface area contributed by atoms with E-state index in [0.29, 0.717) is 15.8 Å². The van der Waals surface area contributed by atoms with Gasteiger partial charge in [-0.2, -0.15) is 4.31 Å². The van der Waals surface area contributed by atoms with Gasteiger partial charge in [0, 0.05) is 15.8 Å². The minimum Gasteiger partial charge on any atom is -0.350 e. The van der Waals surface area contributed by atoms with Crippen molar-refractivity contribution < 1.29 is 13.2 Å². The number of carbonyl (C=O) groups is 1.